The number of nitrogens with one attached hydrogen (secondary N) is 1. The number of carbonyl (C=O) groups is 3. The molecule has 0 aliphatic carbocycles. The highest BCUT2D eigenvalue weighted by atomic mass is 35.5. The average Bonchev–Trinajstić information content (AvgIpc) is 2.94. The summed E-state index contributed by atoms with van der Waals surface area (Å²) in [6.45, 7) is 6.17. The zero-order chi connectivity index (χ0) is 23.1. The van der Waals surface area contributed by atoms with Gasteiger partial charge in [0.25, 0.3) is 0 Å². The number of carbonyl (C=O) groups excluding carboxylic acids is 3. The standard InChI is InChI=1S/C23H30Cl2N4O3/c1-17(30)26-19-3-2-9-27(16-19)11-12-29-14-13-28(10-8-23(29)32)22(31)7-5-18-4-6-20(24)21(25)15-18/h4-7,15,19H,2-3,8-14,16H2,1H3,(H,26,30)/b7-5+. The lowest BCUT2D eigenvalue weighted by Gasteiger charge is -2.34. The Kier molecular flexibility index (Phi) is 8.96. The zero-order valence-electron chi connectivity index (χ0n) is 18.4. The molecule has 1 N–H and O–H groups in total. The van der Waals surface area contributed by atoms with Crippen molar-refractivity contribution in [2.45, 2.75) is 32.2 Å². The Morgan fingerprint density at radius 1 is 1.12 bits per heavy atom. The van der Waals surface area contributed by atoms with E-state index >= 15 is 0 Å². The van der Waals surface area contributed by atoms with Crippen LogP contribution >= 0.6 is 23.2 Å². The third-order valence-corrected chi connectivity index (χ3v) is 6.60. The second-order valence-corrected chi connectivity index (χ2v) is 9.12. The molecule has 0 spiro atoms. The summed E-state index contributed by atoms with van der Waals surface area (Å²) in [6.07, 6.45) is 5.56. The Bertz CT molecular complexity index is 877. The monoisotopic (exact) mass is 480 g/mol. The highest BCUT2D eigenvalue weighted by molar-refractivity contribution is 6.42. The SMILES string of the molecule is CC(=O)NC1CCCN(CCN2CCN(C(=O)/C=C/c3ccc(Cl)c(Cl)c3)CCC2=O)C1. The fourth-order valence-corrected chi connectivity index (χ4v) is 4.45. The maximum absolute atomic E-state index is 12.6. The van der Waals surface area contributed by atoms with Crippen LogP contribution in [0.1, 0.15) is 31.7 Å². The van der Waals surface area contributed by atoms with Crippen LogP contribution in [0.15, 0.2) is 24.3 Å². The minimum atomic E-state index is -0.125. The predicted molar refractivity (Wildman–Crippen MR) is 127 cm³/mol. The fraction of sp³-hybridized carbons (Fsp3) is 0.522. The molecule has 9 heteroatoms. The van der Waals surface area contributed by atoms with Crippen molar-refractivity contribution in [2.75, 3.05) is 45.8 Å². The van der Waals surface area contributed by atoms with Crippen LogP contribution in [0.25, 0.3) is 6.08 Å². The van der Waals surface area contributed by atoms with Gasteiger partial charge in [0.15, 0.2) is 0 Å². The summed E-state index contributed by atoms with van der Waals surface area (Å²) >= 11 is 11.9. The predicted octanol–water partition coefficient (Wildman–Crippen LogP) is 2.67. The van der Waals surface area contributed by atoms with Crippen molar-refractivity contribution in [3.63, 3.8) is 0 Å². The molecule has 1 aromatic rings. The van der Waals surface area contributed by atoms with Crippen molar-refractivity contribution in [2.24, 2.45) is 0 Å². The van der Waals surface area contributed by atoms with Gasteiger partial charge in [0.05, 0.1) is 10.0 Å². The molecule has 2 aliphatic heterocycles. The molecule has 1 aromatic carbocycles. The van der Waals surface area contributed by atoms with E-state index in [9.17, 15) is 14.4 Å². The first-order chi connectivity index (χ1) is 15.3. The van der Waals surface area contributed by atoms with Gasteiger partial charge in [0.2, 0.25) is 17.7 Å². The normalized spacial score (nSPS) is 20.5. The van der Waals surface area contributed by atoms with Crippen molar-refractivity contribution < 1.29 is 14.4 Å². The Morgan fingerprint density at radius 3 is 2.69 bits per heavy atom. The van der Waals surface area contributed by atoms with Gasteiger partial charge in [0, 0.05) is 64.7 Å². The quantitative estimate of drug-likeness (QED) is 0.635. The maximum atomic E-state index is 12.6. The van der Waals surface area contributed by atoms with Crippen LogP contribution in [0.5, 0.6) is 0 Å². The van der Waals surface area contributed by atoms with E-state index in [1.54, 1.807) is 36.1 Å². The summed E-state index contributed by atoms with van der Waals surface area (Å²) in [4.78, 5) is 42.4. The minimum absolute atomic E-state index is 0.00230. The van der Waals surface area contributed by atoms with Gasteiger partial charge in [0.1, 0.15) is 0 Å². The third-order valence-electron chi connectivity index (χ3n) is 5.86. The first-order valence-electron chi connectivity index (χ1n) is 11.0. The summed E-state index contributed by atoms with van der Waals surface area (Å²) < 4.78 is 0. The van der Waals surface area contributed by atoms with Crippen LogP contribution in [0.3, 0.4) is 0 Å². The molecule has 0 radical (unpaired) electrons. The number of hydrogen-bond donors (Lipinski definition) is 1. The Morgan fingerprint density at radius 2 is 1.94 bits per heavy atom. The van der Waals surface area contributed by atoms with Gasteiger partial charge in [-0.25, -0.2) is 0 Å². The van der Waals surface area contributed by atoms with Gasteiger partial charge in [-0.1, -0.05) is 29.3 Å². The highest BCUT2D eigenvalue weighted by Gasteiger charge is 2.25. The third kappa shape index (κ3) is 7.22. The van der Waals surface area contributed by atoms with E-state index in [-0.39, 0.29) is 23.8 Å². The van der Waals surface area contributed by atoms with Crippen LogP contribution in [0, 0.1) is 0 Å². The van der Waals surface area contributed by atoms with Crippen molar-refractivity contribution in [1.29, 1.82) is 0 Å². The molecule has 2 fully saturated rings. The van der Waals surface area contributed by atoms with E-state index in [2.05, 4.69) is 10.2 Å². The lowest BCUT2D eigenvalue weighted by Crippen LogP contribution is -2.49. The first-order valence-corrected chi connectivity index (χ1v) is 11.8. The van der Waals surface area contributed by atoms with Crippen molar-refractivity contribution in [3.05, 3.63) is 39.9 Å². The van der Waals surface area contributed by atoms with E-state index in [0.717, 1.165) is 38.0 Å². The second kappa shape index (κ2) is 11.7. The molecular formula is C23H30Cl2N4O3. The van der Waals surface area contributed by atoms with Crippen LogP contribution in [0.4, 0.5) is 0 Å². The Balaban J connectivity index is 1.48. The summed E-state index contributed by atoms with van der Waals surface area (Å²) in [5.41, 5.74) is 0.791. The number of halogens is 2. The number of rotatable bonds is 6. The molecule has 2 heterocycles. The van der Waals surface area contributed by atoms with Gasteiger partial charge in [-0.3, -0.25) is 19.3 Å². The van der Waals surface area contributed by atoms with Crippen molar-refractivity contribution in [1.82, 2.24) is 20.0 Å². The largest absolute Gasteiger partial charge is 0.352 e. The van der Waals surface area contributed by atoms with Crippen molar-refractivity contribution >= 4 is 47.0 Å². The summed E-state index contributed by atoms with van der Waals surface area (Å²) in [7, 11) is 0. The van der Waals surface area contributed by atoms with Crippen LogP contribution in [0.2, 0.25) is 10.0 Å². The highest BCUT2D eigenvalue weighted by Crippen LogP contribution is 2.23. The number of hydrogen-bond acceptors (Lipinski definition) is 4. The second-order valence-electron chi connectivity index (χ2n) is 8.30. The number of piperidine rings is 1. The number of nitrogens with zero attached hydrogens (tertiary/aromatic N) is 3. The summed E-state index contributed by atoms with van der Waals surface area (Å²) in [5, 5.41) is 3.90. The van der Waals surface area contributed by atoms with Gasteiger partial charge in [-0.2, -0.15) is 0 Å². The van der Waals surface area contributed by atoms with Gasteiger partial charge < -0.3 is 15.1 Å². The smallest absolute Gasteiger partial charge is 0.246 e. The lowest BCUT2D eigenvalue weighted by molar-refractivity contribution is -0.130. The summed E-state index contributed by atoms with van der Waals surface area (Å²) in [5.74, 6) is -0.0541. The molecule has 1 unspecified atom stereocenters. The topological polar surface area (TPSA) is 73.0 Å². The van der Waals surface area contributed by atoms with Crippen LogP contribution < -0.4 is 5.32 Å². The molecule has 3 rings (SSSR count). The van der Waals surface area contributed by atoms with Crippen LogP contribution in [-0.2, 0) is 14.4 Å². The van der Waals surface area contributed by atoms with E-state index < -0.39 is 0 Å². The number of likely N-dealkylation sites (tertiary alicyclic amines) is 1. The lowest BCUT2D eigenvalue weighted by atomic mass is 10.1. The fourth-order valence-electron chi connectivity index (χ4n) is 4.14. The zero-order valence-corrected chi connectivity index (χ0v) is 19.9. The van der Waals surface area contributed by atoms with E-state index in [1.807, 2.05) is 4.90 Å². The number of amides is 3. The summed E-state index contributed by atoms with van der Waals surface area (Å²) in [6, 6.07) is 5.37. The molecule has 7 nitrogen and oxygen atoms in total. The molecule has 0 bridgehead atoms. The van der Waals surface area contributed by atoms with Crippen molar-refractivity contribution in [3.8, 4) is 0 Å². The molecule has 2 saturated heterocycles. The Hall–Kier alpha value is -2.09. The molecule has 0 saturated carbocycles. The number of benzene rings is 1. The average molecular weight is 481 g/mol. The van der Waals surface area contributed by atoms with E-state index in [0.29, 0.717) is 42.6 Å². The minimum Gasteiger partial charge on any atom is -0.352 e. The maximum Gasteiger partial charge on any atom is 0.246 e. The molecule has 32 heavy (non-hydrogen) atoms. The van der Waals surface area contributed by atoms with Gasteiger partial charge >= 0.3 is 0 Å². The molecule has 3 amide bonds. The molecule has 174 valence electrons. The van der Waals surface area contributed by atoms with Gasteiger partial charge in [-0.15, -0.1) is 0 Å². The van der Waals surface area contributed by atoms with Crippen LogP contribution in [-0.4, -0.2) is 84.3 Å². The molecule has 1 atom stereocenters. The molecule has 0 aromatic heterocycles. The molecular weight excluding hydrogens is 451 g/mol. The van der Waals surface area contributed by atoms with E-state index in [4.69, 9.17) is 23.2 Å². The van der Waals surface area contributed by atoms with E-state index in [1.165, 1.54) is 6.08 Å². The first kappa shape index (κ1) is 24.6. The van der Waals surface area contributed by atoms with Gasteiger partial charge in [-0.05, 0) is 43.2 Å². The molecule has 2 aliphatic rings. The Labute approximate surface area is 199 Å².